The van der Waals surface area contributed by atoms with Gasteiger partial charge in [0, 0.05) is 38.4 Å². The van der Waals surface area contributed by atoms with E-state index in [1.165, 1.54) is 17.7 Å². The minimum absolute atomic E-state index is 0. The summed E-state index contributed by atoms with van der Waals surface area (Å²) in [6.07, 6.45) is -0.530. The third kappa shape index (κ3) is 7.31. The third-order valence-electron chi connectivity index (χ3n) is 5.26. The molecule has 7 heteroatoms. The number of hydrogen-bond acceptors (Lipinski definition) is 4. The van der Waals surface area contributed by atoms with E-state index >= 15 is 0 Å². The van der Waals surface area contributed by atoms with Gasteiger partial charge < -0.3 is 39.6 Å². The van der Waals surface area contributed by atoms with Gasteiger partial charge in [-0.25, -0.2) is 4.39 Å². The zero-order valence-electron chi connectivity index (χ0n) is 17.8. The second kappa shape index (κ2) is 12.4. The normalized spacial score (nSPS) is 15.3. The molecule has 1 unspecified atom stereocenters. The topological polar surface area (TPSA) is 35.9 Å². The molecule has 30 heavy (non-hydrogen) atoms. The van der Waals surface area contributed by atoms with E-state index in [9.17, 15) is 9.50 Å². The van der Waals surface area contributed by atoms with Gasteiger partial charge in [-0.1, -0.05) is 26.0 Å². The van der Waals surface area contributed by atoms with Crippen LogP contribution < -0.4 is 34.5 Å². The molecule has 0 amide bonds. The number of halogens is 3. The lowest BCUT2D eigenvalue weighted by Gasteiger charge is -2.36. The monoisotopic (exact) mass is 456 g/mol. The molecule has 4 nitrogen and oxygen atoms in total. The van der Waals surface area contributed by atoms with Gasteiger partial charge in [0.2, 0.25) is 0 Å². The van der Waals surface area contributed by atoms with Crippen molar-refractivity contribution in [2.24, 2.45) is 0 Å². The molecule has 3 rings (SSSR count). The number of hydrogen-bond donors (Lipinski definition) is 1. The van der Waals surface area contributed by atoms with Crippen LogP contribution in [0.3, 0.4) is 0 Å². The summed E-state index contributed by atoms with van der Waals surface area (Å²) < 4.78 is 19.0. The Balaban J connectivity index is 0.00000225. The van der Waals surface area contributed by atoms with Crippen LogP contribution in [0.2, 0.25) is 0 Å². The van der Waals surface area contributed by atoms with Gasteiger partial charge >= 0.3 is 0 Å². The standard InChI is InChI=1S/C23H31FN2O2.2ClH/c1-17(2)22-9-4-18(3)14-23(22)28-16-21(27)15-25-10-12-26(13-11-25)20-7-5-19(24)6-8-20;;/h4-9,14,17,21,27H,10-13,15-16H2,1-3H3;2*1H/p-2. The first-order valence-corrected chi connectivity index (χ1v) is 10.1. The van der Waals surface area contributed by atoms with Crippen LogP contribution in [0.25, 0.3) is 0 Å². The highest BCUT2D eigenvalue weighted by Gasteiger charge is 2.20. The van der Waals surface area contributed by atoms with Gasteiger partial charge in [0.15, 0.2) is 0 Å². The number of benzene rings is 2. The molecule has 0 bridgehead atoms. The van der Waals surface area contributed by atoms with E-state index in [4.69, 9.17) is 4.74 Å². The molecule has 0 aromatic heterocycles. The number of nitrogens with zero attached hydrogens (tertiary/aromatic N) is 2. The van der Waals surface area contributed by atoms with Crippen molar-refractivity contribution in [3.05, 3.63) is 59.4 Å². The Bertz CT molecular complexity index is 766. The molecule has 2 aromatic carbocycles. The number of piperazine rings is 1. The maximum atomic E-state index is 13.1. The molecular formula is C23H31Cl2FN2O2-2. The molecule has 1 N–H and O–H groups in total. The average molecular weight is 457 g/mol. The third-order valence-corrected chi connectivity index (χ3v) is 5.26. The molecule has 168 valence electrons. The van der Waals surface area contributed by atoms with Crippen molar-refractivity contribution < 1.29 is 39.0 Å². The quantitative estimate of drug-likeness (QED) is 0.514. The van der Waals surface area contributed by atoms with Gasteiger partial charge in [-0.05, 0) is 54.3 Å². The summed E-state index contributed by atoms with van der Waals surface area (Å²) in [6.45, 7) is 10.7. The van der Waals surface area contributed by atoms with Gasteiger partial charge in [-0.2, -0.15) is 0 Å². The number of aliphatic hydroxyl groups is 1. The minimum Gasteiger partial charge on any atom is -1.00 e. The van der Waals surface area contributed by atoms with Crippen LogP contribution in [0.4, 0.5) is 10.1 Å². The summed E-state index contributed by atoms with van der Waals surface area (Å²) in [5, 5.41) is 10.5. The summed E-state index contributed by atoms with van der Waals surface area (Å²) in [4.78, 5) is 4.51. The van der Waals surface area contributed by atoms with Crippen molar-refractivity contribution in [1.29, 1.82) is 0 Å². The minimum atomic E-state index is -0.530. The second-order valence-corrected chi connectivity index (χ2v) is 7.92. The Hall–Kier alpha value is -1.53. The van der Waals surface area contributed by atoms with Gasteiger partial charge in [0.25, 0.3) is 0 Å². The summed E-state index contributed by atoms with van der Waals surface area (Å²) >= 11 is 0. The molecule has 1 heterocycles. The Morgan fingerprint density at radius 2 is 1.63 bits per heavy atom. The zero-order valence-corrected chi connectivity index (χ0v) is 19.3. The number of aliphatic hydroxyl groups excluding tert-OH is 1. The first kappa shape index (κ1) is 26.5. The Kier molecular flexibility index (Phi) is 10.9. The van der Waals surface area contributed by atoms with Crippen LogP contribution in [0.5, 0.6) is 5.75 Å². The zero-order chi connectivity index (χ0) is 20.1. The van der Waals surface area contributed by atoms with Crippen molar-refractivity contribution >= 4 is 5.69 Å². The predicted molar refractivity (Wildman–Crippen MR) is 112 cm³/mol. The molecule has 0 aliphatic carbocycles. The molecule has 1 fully saturated rings. The second-order valence-electron chi connectivity index (χ2n) is 7.92. The van der Waals surface area contributed by atoms with Crippen molar-refractivity contribution in [3.8, 4) is 5.75 Å². The Morgan fingerprint density at radius 1 is 1.00 bits per heavy atom. The molecular weight excluding hydrogens is 426 g/mol. The van der Waals surface area contributed by atoms with E-state index < -0.39 is 6.10 Å². The molecule has 1 aliphatic heterocycles. The fourth-order valence-electron chi connectivity index (χ4n) is 3.62. The largest absolute Gasteiger partial charge is 1.00 e. The van der Waals surface area contributed by atoms with Crippen molar-refractivity contribution in [2.75, 3.05) is 44.2 Å². The van der Waals surface area contributed by atoms with Crippen LogP contribution in [0, 0.1) is 12.7 Å². The lowest BCUT2D eigenvalue weighted by Crippen LogP contribution is -3.00. The van der Waals surface area contributed by atoms with Gasteiger partial charge in [0.05, 0.1) is 0 Å². The average Bonchev–Trinajstić information content (AvgIpc) is 2.67. The molecule has 0 saturated carbocycles. The van der Waals surface area contributed by atoms with Crippen LogP contribution in [-0.2, 0) is 0 Å². The predicted octanol–water partition coefficient (Wildman–Crippen LogP) is -2.17. The smallest absolute Gasteiger partial charge is 0.123 e. The highest BCUT2D eigenvalue weighted by molar-refractivity contribution is 5.46. The summed E-state index contributed by atoms with van der Waals surface area (Å²) in [5.41, 5.74) is 3.38. The Morgan fingerprint density at radius 3 is 2.23 bits per heavy atom. The molecule has 0 radical (unpaired) electrons. The SMILES string of the molecule is Cc1ccc(C(C)C)c(OCC(O)CN2CCN(c3ccc(F)cc3)CC2)c1.[Cl-].[Cl-]. The van der Waals surface area contributed by atoms with E-state index in [2.05, 4.69) is 35.8 Å². The first-order chi connectivity index (χ1) is 13.4. The number of rotatable bonds is 7. The van der Waals surface area contributed by atoms with Gasteiger partial charge in [0.1, 0.15) is 24.3 Å². The van der Waals surface area contributed by atoms with E-state index in [1.807, 2.05) is 25.1 Å². The summed E-state index contributed by atoms with van der Waals surface area (Å²) in [6, 6.07) is 12.9. The Labute approximate surface area is 191 Å². The summed E-state index contributed by atoms with van der Waals surface area (Å²) in [5.74, 6) is 1.04. The fourth-order valence-corrected chi connectivity index (χ4v) is 3.62. The van der Waals surface area contributed by atoms with E-state index in [0.717, 1.165) is 43.2 Å². The highest BCUT2D eigenvalue weighted by atomic mass is 35.5. The van der Waals surface area contributed by atoms with Crippen molar-refractivity contribution in [2.45, 2.75) is 32.8 Å². The number of aryl methyl sites for hydroxylation is 1. The molecule has 1 saturated heterocycles. The van der Waals surface area contributed by atoms with Crippen molar-refractivity contribution in [1.82, 2.24) is 4.90 Å². The lowest BCUT2D eigenvalue weighted by atomic mass is 10.0. The molecule has 1 aliphatic rings. The number of anilines is 1. The van der Waals surface area contributed by atoms with E-state index in [1.54, 1.807) is 0 Å². The van der Waals surface area contributed by atoms with Crippen LogP contribution in [-0.4, -0.2) is 55.4 Å². The fraction of sp³-hybridized carbons (Fsp3) is 0.478. The van der Waals surface area contributed by atoms with Crippen LogP contribution >= 0.6 is 0 Å². The van der Waals surface area contributed by atoms with Crippen molar-refractivity contribution in [3.63, 3.8) is 0 Å². The lowest BCUT2D eigenvalue weighted by molar-refractivity contribution is -0.001000. The van der Waals surface area contributed by atoms with Gasteiger partial charge in [-0.3, -0.25) is 4.90 Å². The van der Waals surface area contributed by atoms with E-state index in [-0.39, 0.29) is 30.6 Å². The number of ether oxygens (including phenoxy) is 1. The van der Waals surface area contributed by atoms with E-state index in [0.29, 0.717) is 19.1 Å². The maximum absolute atomic E-state index is 13.1. The summed E-state index contributed by atoms with van der Waals surface area (Å²) in [7, 11) is 0. The molecule has 0 spiro atoms. The van der Waals surface area contributed by atoms with Crippen LogP contribution in [0.1, 0.15) is 30.9 Å². The first-order valence-electron chi connectivity index (χ1n) is 10.1. The molecule has 1 atom stereocenters. The number of β-amino-alcohol motifs (C(OH)–C–C–N with tert-alkyl or cyclic N) is 1. The van der Waals surface area contributed by atoms with Gasteiger partial charge in [-0.15, -0.1) is 0 Å². The molecule has 2 aromatic rings. The van der Waals surface area contributed by atoms with Crippen LogP contribution in [0.15, 0.2) is 42.5 Å². The highest BCUT2D eigenvalue weighted by Crippen LogP contribution is 2.27. The maximum Gasteiger partial charge on any atom is 0.123 e.